The van der Waals surface area contributed by atoms with Gasteiger partial charge in [0.2, 0.25) is 0 Å². The van der Waals surface area contributed by atoms with Gasteiger partial charge < -0.3 is 4.74 Å². The Morgan fingerprint density at radius 2 is 2.12 bits per heavy atom. The van der Waals surface area contributed by atoms with Crippen LogP contribution < -0.4 is 0 Å². The van der Waals surface area contributed by atoms with Gasteiger partial charge in [0.1, 0.15) is 6.10 Å². The molecule has 25 heavy (non-hydrogen) atoms. The second kappa shape index (κ2) is 6.10. The van der Waals surface area contributed by atoms with Crippen LogP contribution in [0.2, 0.25) is 0 Å². The van der Waals surface area contributed by atoms with E-state index in [0.29, 0.717) is 41.8 Å². The zero-order valence-corrected chi connectivity index (χ0v) is 15.5. The Morgan fingerprint density at radius 1 is 1.32 bits per heavy atom. The van der Waals surface area contributed by atoms with Gasteiger partial charge in [-0.05, 0) is 74.2 Å². The Morgan fingerprint density at radius 3 is 2.84 bits per heavy atom. The van der Waals surface area contributed by atoms with Crippen LogP contribution in [0.4, 0.5) is 0 Å². The number of ketones is 1. The van der Waals surface area contributed by atoms with Crippen molar-refractivity contribution in [2.75, 3.05) is 0 Å². The largest absolute Gasteiger partial charge is 0.462 e. The van der Waals surface area contributed by atoms with E-state index in [0.717, 1.165) is 32.1 Å². The van der Waals surface area contributed by atoms with Crippen molar-refractivity contribution < 1.29 is 14.3 Å². The first-order valence-electron chi connectivity index (χ1n) is 9.97. The summed E-state index contributed by atoms with van der Waals surface area (Å²) in [5, 5.41) is 0. The van der Waals surface area contributed by atoms with Crippen molar-refractivity contribution in [3.8, 4) is 0 Å². The molecule has 0 radical (unpaired) electrons. The molecule has 0 aromatic heterocycles. The molecule has 4 aliphatic rings. The summed E-state index contributed by atoms with van der Waals surface area (Å²) in [4.78, 5) is 23.5. The van der Waals surface area contributed by atoms with Crippen molar-refractivity contribution in [1.82, 2.24) is 0 Å². The highest BCUT2D eigenvalue weighted by Gasteiger charge is 2.59. The molecule has 0 aliphatic heterocycles. The molecule has 4 rings (SSSR count). The van der Waals surface area contributed by atoms with Crippen LogP contribution in [0.25, 0.3) is 0 Å². The number of ether oxygens (including phenoxy) is 1. The number of carbonyl (C=O) groups is 2. The first-order chi connectivity index (χ1) is 11.9. The zero-order chi connectivity index (χ0) is 17.8. The van der Waals surface area contributed by atoms with Crippen molar-refractivity contribution >= 4 is 11.8 Å². The van der Waals surface area contributed by atoms with Gasteiger partial charge in [0.05, 0.1) is 0 Å². The Hall–Kier alpha value is -1.38. The molecule has 0 amide bonds. The summed E-state index contributed by atoms with van der Waals surface area (Å²) in [5.74, 6) is 3.13. The van der Waals surface area contributed by atoms with Crippen molar-refractivity contribution in [2.45, 2.75) is 64.9 Å². The predicted octanol–water partition coefficient (Wildman–Crippen LogP) is 4.47. The molecule has 0 spiro atoms. The summed E-state index contributed by atoms with van der Waals surface area (Å²) in [6.07, 6.45) is 11.4. The lowest BCUT2D eigenvalue weighted by Gasteiger charge is -2.55. The standard InChI is InChI=1S/C22H30O3/c1-4-14-11-15-12-16(24)5-6-17(15)18-9-10-22(3)19(21(14)18)7-8-20(22)25-13(2)23/h4,12,14,17-21H,1,5-11H2,2-3H3/t14-,17-,18+,19-,20-,21+,22-/m0/s1. The van der Waals surface area contributed by atoms with Gasteiger partial charge in [-0.1, -0.05) is 18.6 Å². The molecule has 0 N–H and O–H groups in total. The second-order valence-electron chi connectivity index (χ2n) is 9.00. The molecule has 0 bridgehead atoms. The van der Waals surface area contributed by atoms with Gasteiger partial charge in [-0.15, -0.1) is 6.58 Å². The Kier molecular flexibility index (Phi) is 4.16. The van der Waals surface area contributed by atoms with Gasteiger partial charge in [-0.25, -0.2) is 0 Å². The lowest BCUT2D eigenvalue weighted by molar-refractivity contribution is -0.156. The van der Waals surface area contributed by atoms with Gasteiger partial charge in [0.15, 0.2) is 5.78 Å². The number of carbonyl (C=O) groups excluding carboxylic acids is 2. The molecule has 0 aromatic carbocycles. The van der Waals surface area contributed by atoms with Gasteiger partial charge in [0, 0.05) is 18.8 Å². The van der Waals surface area contributed by atoms with E-state index in [2.05, 4.69) is 19.6 Å². The quantitative estimate of drug-likeness (QED) is 0.549. The summed E-state index contributed by atoms with van der Waals surface area (Å²) in [5.41, 5.74) is 1.50. The van der Waals surface area contributed by atoms with Crippen molar-refractivity contribution in [3.63, 3.8) is 0 Å². The maximum atomic E-state index is 11.9. The van der Waals surface area contributed by atoms with Crippen LogP contribution in [-0.4, -0.2) is 17.9 Å². The van der Waals surface area contributed by atoms with Crippen LogP contribution in [0.15, 0.2) is 24.3 Å². The predicted molar refractivity (Wildman–Crippen MR) is 96.7 cm³/mol. The number of allylic oxidation sites excluding steroid dienone is 2. The average Bonchev–Trinajstić information content (AvgIpc) is 2.89. The fraction of sp³-hybridized carbons (Fsp3) is 0.727. The maximum absolute atomic E-state index is 11.9. The van der Waals surface area contributed by atoms with Crippen molar-refractivity contribution in [3.05, 3.63) is 24.3 Å². The smallest absolute Gasteiger partial charge is 0.302 e. The molecule has 4 aliphatic carbocycles. The minimum Gasteiger partial charge on any atom is -0.462 e. The molecule has 0 unspecified atom stereocenters. The lowest BCUT2D eigenvalue weighted by atomic mass is 9.49. The van der Waals surface area contributed by atoms with Crippen LogP contribution in [-0.2, 0) is 14.3 Å². The van der Waals surface area contributed by atoms with E-state index >= 15 is 0 Å². The molecule has 0 saturated heterocycles. The molecule has 7 atom stereocenters. The molecule has 0 heterocycles. The molecule has 3 fully saturated rings. The van der Waals surface area contributed by atoms with Gasteiger partial charge in [-0.2, -0.15) is 0 Å². The summed E-state index contributed by atoms with van der Waals surface area (Å²) in [6.45, 7) is 8.02. The molecule has 3 heteroatoms. The molecule has 136 valence electrons. The third kappa shape index (κ3) is 2.62. The molecule has 3 nitrogen and oxygen atoms in total. The van der Waals surface area contributed by atoms with Gasteiger partial charge in [-0.3, -0.25) is 9.59 Å². The summed E-state index contributed by atoms with van der Waals surface area (Å²) in [7, 11) is 0. The van der Waals surface area contributed by atoms with E-state index in [-0.39, 0.29) is 17.5 Å². The van der Waals surface area contributed by atoms with Crippen molar-refractivity contribution in [1.29, 1.82) is 0 Å². The lowest BCUT2D eigenvalue weighted by Crippen LogP contribution is -2.51. The zero-order valence-electron chi connectivity index (χ0n) is 15.5. The van der Waals surface area contributed by atoms with E-state index in [9.17, 15) is 9.59 Å². The van der Waals surface area contributed by atoms with E-state index in [4.69, 9.17) is 4.74 Å². The number of hydrogen-bond donors (Lipinski definition) is 0. The normalized spacial score (nSPS) is 45.7. The van der Waals surface area contributed by atoms with Gasteiger partial charge >= 0.3 is 5.97 Å². The van der Waals surface area contributed by atoms with E-state index in [1.54, 1.807) is 0 Å². The minimum absolute atomic E-state index is 0.0753. The fourth-order valence-corrected chi connectivity index (χ4v) is 6.87. The third-order valence-electron chi connectivity index (χ3n) is 7.92. The Balaban J connectivity index is 1.66. The summed E-state index contributed by atoms with van der Waals surface area (Å²) < 4.78 is 5.73. The van der Waals surface area contributed by atoms with Crippen LogP contribution >= 0.6 is 0 Å². The summed E-state index contributed by atoms with van der Waals surface area (Å²) in [6, 6.07) is 0. The van der Waals surface area contributed by atoms with E-state index in [1.807, 2.05) is 6.08 Å². The minimum atomic E-state index is -0.145. The first kappa shape index (κ1) is 17.1. The van der Waals surface area contributed by atoms with Crippen molar-refractivity contribution in [2.24, 2.45) is 35.0 Å². The Labute approximate surface area is 150 Å². The third-order valence-corrected chi connectivity index (χ3v) is 7.92. The number of hydrogen-bond acceptors (Lipinski definition) is 3. The maximum Gasteiger partial charge on any atom is 0.302 e. The monoisotopic (exact) mass is 342 g/mol. The van der Waals surface area contributed by atoms with Gasteiger partial charge in [0.25, 0.3) is 0 Å². The first-order valence-corrected chi connectivity index (χ1v) is 9.97. The number of fused-ring (bicyclic) bond motifs is 5. The Bertz CT molecular complexity index is 633. The highest BCUT2D eigenvalue weighted by molar-refractivity contribution is 5.91. The average molecular weight is 342 g/mol. The van der Waals surface area contributed by atoms with Crippen LogP contribution in [0.3, 0.4) is 0 Å². The molecule has 0 aromatic rings. The molecular formula is C22H30O3. The highest BCUT2D eigenvalue weighted by atomic mass is 16.5. The van der Waals surface area contributed by atoms with Crippen LogP contribution in [0, 0.1) is 35.0 Å². The van der Waals surface area contributed by atoms with Crippen LogP contribution in [0.1, 0.15) is 58.8 Å². The second-order valence-corrected chi connectivity index (χ2v) is 9.00. The molecular weight excluding hydrogens is 312 g/mol. The van der Waals surface area contributed by atoms with Crippen LogP contribution in [0.5, 0.6) is 0 Å². The fourth-order valence-electron chi connectivity index (χ4n) is 6.87. The molecule has 3 saturated carbocycles. The highest BCUT2D eigenvalue weighted by Crippen LogP contribution is 2.63. The SMILES string of the molecule is C=C[C@H]1CC2=CC(=O)CC[C@@H]2[C@H]2CC[C@]3(C)[C@@H](OC(C)=O)CC[C@H]3[C@@H]21. The number of esters is 1. The van der Waals surface area contributed by atoms with E-state index < -0.39 is 0 Å². The number of rotatable bonds is 2. The van der Waals surface area contributed by atoms with E-state index in [1.165, 1.54) is 18.9 Å². The topological polar surface area (TPSA) is 43.4 Å². The summed E-state index contributed by atoms with van der Waals surface area (Å²) >= 11 is 0.